The van der Waals surface area contributed by atoms with Gasteiger partial charge in [0.1, 0.15) is 5.15 Å². The van der Waals surface area contributed by atoms with E-state index in [-0.39, 0.29) is 0 Å². The molecule has 2 aromatic rings. The summed E-state index contributed by atoms with van der Waals surface area (Å²) in [5, 5.41) is 0.448. The van der Waals surface area contributed by atoms with Gasteiger partial charge in [0.05, 0.1) is 0 Å². The highest BCUT2D eigenvalue weighted by molar-refractivity contribution is 6.32. The lowest BCUT2D eigenvalue weighted by atomic mass is 10.0. The van der Waals surface area contributed by atoms with Crippen molar-refractivity contribution in [2.75, 3.05) is 5.73 Å². The Hall–Kier alpha value is -1.54. The minimum atomic E-state index is 0.448. The number of hydrogen-bond donors (Lipinski definition) is 1. The summed E-state index contributed by atoms with van der Waals surface area (Å²) in [6.07, 6.45) is 1.61. The van der Waals surface area contributed by atoms with Crippen molar-refractivity contribution in [3.8, 4) is 11.1 Å². The lowest BCUT2D eigenvalue weighted by molar-refractivity contribution is 1.32. The summed E-state index contributed by atoms with van der Waals surface area (Å²) < 4.78 is 0. The molecule has 0 aliphatic carbocycles. The van der Waals surface area contributed by atoms with Gasteiger partial charge in [-0.2, -0.15) is 0 Å². The van der Waals surface area contributed by atoms with Gasteiger partial charge in [0.2, 0.25) is 0 Å². The predicted octanol–water partition coefficient (Wildman–Crippen LogP) is 3.29. The van der Waals surface area contributed by atoms with Crippen molar-refractivity contribution in [3.63, 3.8) is 0 Å². The molecule has 76 valence electrons. The fourth-order valence-electron chi connectivity index (χ4n) is 1.57. The third-order valence-electron chi connectivity index (χ3n) is 2.35. The average molecular weight is 219 g/mol. The quantitative estimate of drug-likeness (QED) is 0.746. The number of halogens is 1. The molecule has 15 heavy (non-hydrogen) atoms. The minimum absolute atomic E-state index is 0.448. The van der Waals surface area contributed by atoms with Gasteiger partial charge in [-0.1, -0.05) is 35.9 Å². The molecule has 0 saturated heterocycles. The first-order valence-electron chi connectivity index (χ1n) is 4.66. The van der Waals surface area contributed by atoms with Crippen LogP contribution in [0.4, 0.5) is 5.69 Å². The molecule has 0 unspecified atom stereocenters. The topological polar surface area (TPSA) is 38.9 Å². The zero-order valence-electron chi connectivity index (χ0n) is 8.37. The minimum Gasteiger partial charge on any atom is -0.398 e. The molecule has 2 rings (SSSR count). The Bertz CT molecular complexity index is 474. The van der Waals surface area contributed by atoms with Crippen LogP contribution in [0, 0.1) is 6.92 Å². The van der Waals surface area contributed by atoms with Crippen molar-refractivity contribution < 1.29 is 0 Å². The molecular formula is C12H11ClN2. The summed E-state index contributed by atoms with van der Waals surface area (Å²) in [5.41, 5.74) is 9.54. The Labute approximate surface area is 93.7 Å². The molecule has 0 bridgehead atoms. The molecule has 0 radical (unpaired) electrons. The third-order valence-corrected chi connectivity index (χ3v) is 2.64. The van der Waals surface area contributed by atoms with Gasteiger partial charge in [-0.3, -0.25) is 0 Å². The van der Waals surface area contributed by atoms with E-state index in [0.717, 1.165) is 16.7 Å². The van der Waals surface area contributed by atoms with Gasteiger partial charge >= 0.3 is 0 Å². The molecule has 0 atom stereocenters. The number of nitrogens with two attached hydrogens (primary N) is 1. The third kappa shape index (κ3) is 1.81. The molecule has 1 heterocycles. The number of hydrogen-bond acceptors (Lipinski definition) is 2. The number of nitrogens with zero attached hydrogens (tertiary/aromatic N) is 1. The highest BCUT2D eigenvalue weighted by Crippen LogP contribution is 2.33. The molecule has 0 amide bonds. The van der Waals surface area contributed by atoms with Gasteiger partial charge in [0, 0.05) is 17.4 Å². The molecule has 2 nitrogen and oxygen atoms in total. The van der Waals surface area contributed by atoms with Gasteiger partial charge in [-0.15, -0.1) is 0 Å². The molecule has 0 aliphatic rings. The average Bonchev–Trinajstić information content (AvgIpc) is 2.20. The molecule has 0 fully saturated rings. The number of rotatable bonds is 1. The van der Waals surface area contributed by atoms with Crippen LogP contribution in [0.5, 0.6) is 0 Å². The standard InChI is InChI=1S/C12H11ClN2/c1-8-4-2-3-5-9(8)11-10(14)6-7-15-12(11)13/h2-7H,1H3,(H2,14,15). The SMILES string of the molecule is Cc1ccccc1-c1c(N)ccnc1Cl. The van der Waals surface area contributed by atoms with Crippen LogP contribution in [0.25, 0.3) is 11.1 Å². The highest BCUT2D eigenvalue weighted by Gasteiger charge is 2.09. The van der Waals surface area contributed by atoms with Crippen LogP contribution >= 0.6 is 11.6 Å². The van der Waals surface area contributed by atoms with Crippen LogP contribution in [0.1, 0.15) is 5.56 Å². The van der Waals surface area contributed by atoms with Gasteiger partial charge in [0.15, 0.2) is 0 Å². The number of benzene rings is 1. The van der Waals surface area contributed by atoms with Crippen molar-refractivity contribution in [1.29, 1.82) is 0 Å². The monoisotopic (exact) mass is 218 g/mol. The first-order valence-corrected chi connectivity index (χ1v) is 5.04. The van der Waals surface area contributed by atoms with Gasteiger partial charge in [-0.05, 0) is 24.1 Å². The fraction of sp³-hybridized carbons (Fsp3) is 0.0833. The Morgan fingerprint density at radius 1 is 1.20 bits per heavy atom. The normalized spacial score (nSPS) is 10.3. The smallest absolute Gasteiger partial charge is 0.138 e. The van der Waals surface area contributed by atoms with Gasteiger partial charge in [0.25, 0.3) is 0 Å². The zero-order valence-corrected chi connectivity index (χ0v) is 9.12. The number of anilines is 1. The van der Waals surface area contributed by atoms with E-state index >= 15 is 0 Å². The van der Waals surface area contributed by atoms with Gasteiger partial charge < -0.3 is 5.73 Å². The number of aromatic nitrogens is 1. The van der Waals surface area contributed by atoms with Crippen molar-refractivity contribution in [2.24, 2.45) is 0 Å². The number of pyridine rings is 1. The lowest BCUT2D eigenvalue weighted by Crippen LogP contribution is -1.94. The second-order valence-electron chi connectivity index (χ2n) is 3.38. The van der Waals surface area contributed by atoms with Crippen LogP contribution < -0.4 is 5.73 Å². The van der Waals surface area contributed by atoms with Crippen molar-refractivity contribution in [2.45, 2.75) is 6.92 Å². The van der Waals surface area contributed by atoms with E-state index in [0.29, 0.717) is 10.8 Å². The maximum absolute atomic E-state index is 6.04. The van der Waals surface area contributed by atoms with Crippen LogP contribution in [-0.2, 0) is 0 Å². The Morgan fingerprint density at radius 3 is 2.60 bits per heavy atom. The molecule has 0 spiro atoms. The summed E-state index contributed by atoms with van der Waals surface area (Å²) in [4.78, 5) is 4.04. The molecule has 1 aromatic carbocycles. The number of nitrogen functional groups attached to an aromatic ring is 1. The summed E-state index contributed by atoms with van der Waals surface area (Å²) in [7, 11) is 0. The highest BCUT2D eigenvalue weighted by atomic mass is 35.5. The van der Waals surface area contributed by atoms with E-state index in [1.165, 1.54) is 0 Å². The van der Waals surface area contributed by atoms with E-state index in [9.17, 15) is 0 Å². The predicted molar refractivity (Wildman–Crippen MR) is 63.8 cm³/mol. The molecule has 0 aliphatic heterocycles. The molecule has 0 saturated carbocycles. The number of aryl methyl sites for hydroxylation is 1. The fourth-order valence-corrected chi connectivity index (χ4v) is 1.84. The molecule has 2 N–H and O–H groups in total. The van der Waals surface area contributed by atoms with Crippen LogP contribution in [0.2, 0.25) is 5.15 Å². The second-order valence-corrected chi connectivity index (χ2v) is 3.74. The summed E-state index contributed by atoms with van der Waals surface area (Å²) in [5.74, 6) is 0. The van der Waals surface area contributed by atoms with E-state index in [4.69, 9.17) is 17.3 Å². The first-order chi connectivity index (χ1) is 7.20. The van der Waals surface area contributed by atoms with E-state index in [2.05, 4.69) is 4.98 Å². The maximum atomic E-state index is 6.04. The summed E-state index contributed by atoms with van der Waals surface area (Å²) >= 11 is 6.04. The van der Waals surface area contributed by atoms with Crippen LogP contribution in [0.3, 0.4) is 0 Å². The zero-order chi connectivity index (χ0) is 10.8. The largest absolute Gasteiger partial charge is 0.398 e. The van der Waals surface area contributed by atoms with Gasteiger partial charge in [-0.25, -0.2) is 4.98 Å². The van der Waals surface area contributed by atoms with E-state index in [1.807, 2.05) is 31.2 Å². The maximum Gasteiger partial charge on any atom is 0.138 e. The van der Waals surface area contributed by atoms with Crippen molar-refractivity contribution in [3.05, 3.63) is 47.2 Å². The summed E-state index contributed by atoms with van der Waals surface area (Å²) in [6, 6.07) is 9.73. The van der Waals surface area contributed by atoms with Crippen LogP contribution in [0.15, 0.2) is 36.5 Å². The Kier molecular flexibility index (Phi) is 2.60. The van der Waals surface area contributed by atoms with Crippen LogP contribution in [-0.4, -0.2) is 4.98 Å². The Morgan fingerprint density at radius 2 is 1.93 bits per heavy atom. The second kappa shape index (κ2) is 3.91. The van der Waals surface area contributed by atoms with E-state index in [1.54, 1.807) is 12.3 Å². The van der Waals surface area contributed by atoms with E-state index < -0.39 is 0 Å². The van der Waals surface area contributed by atoms with Crippen molar-refractivity contribution in [1.82, 2.24) is 4.98 Å². The molecular weight excluding hydrogens is 208 g/mol. The summed E-state index contributed by atoms with van der Waals surface area (Å²) in [6.45, 7) is 2.03. The lowest BCUT2D eigenvalue weighted by Gasteiger charge is -2.09. The molecule has 1 aromatic heterocycles. The Balaban J connectivity index is 2.69. The molecule has 3 heteroatoms. The van der Waals surface area contributed by atoms with Crippen molar-refractivity contribution >= 4 is 17.3 Å². The first kappa shape index (κ1) is 9.99.